The van der Waals surface area contributed by atoms with Gasteiger partial charge in [0.2, 0.25) is 5.43 Å². The van der Waals surface area contributed by atoms with Crippen LogP contribution in [0.15, 0.2) is 57.9 Å². The number of nitrogens with one attached hydrogen (secondary N) is 1. The van der Waals surface area contributed by atoms with Crippen molar-refractivity contribution in [3.8, 4) is 16.9 Å². The van der Waals surface area contributed by atoms with E-state index < -0.39 is 0 Å². The minimum absolute atomic E-state index is 0. The van der Waals surface area contributed by atoms with E-state index >= 15 is 0 Å². The molecule has 1 aliphatic rings. The lowest BCUT2D eigenvalue weighted by atomic mass is 10.0. The van der Waals surface area contributed by atoms with Gasteiger partial charge in [-0.15, -0.1) is 12.4 Å². The fraction of sp³-hybridized carbons (Fsp3) is 0.318. The molecule has 2 heterocycles. The van der Waals surface area contributed by atoms with Crippen LogP contribution in [0, 0.1) is 0 Å². The van der Waals surface area contributed by atoms with Crippen LogP contribution in [0.4, 0.5) is 0 Å². The Morgan fingerprint density at radius 2 is 1.67 bits per heavy atom. The van der Waals surface area contributed by atoms with Gasteiger partial charge in [-0.1, -0.05) is 30.3 Å². The quantitative estimate of drug-likeness (QED) is 0.723. The number of benzene rings is 2. The Labute approximate surface area is 164 Å². The molecule has 0 unspecified atom stereocenters. The third-order valence-electron chi connectivity index (χ3n) is 5.34. The smallest absolute Gasteiger partial charge is 0.200 e. The van der Waals surface area contributed by atoms with Crippen molar-refractivity contribution < 1.29 is 14.4 Å². The van der Waals surface area contributed by atoms with Crippen molar-refractivity contribution in [2.45, 2.75) is 32.2 Å². The molecular weight excluding hydrogens is 362 g/mol. The zero-order chi connectivity index (χ0) is 17.9. The van der Waals surface area contributed by atoms with Crippen LogP contribution in [0.5, 0.6) is 5.75 Å². The predicted octanol–water partition coefficient (Wildman–Crippen LogP) is 3.55. The molecule has 2 aromatic carbocycles. The Morgan fingerprint density at radius 3 is 2.37 bits per heavy atom. The summed E-state index contributed by atoms with van der Waals surface area (Å²) < 4.78 is 5.89. The number of rotatable bonds is 3. The van der Waals surface area contributed by atoms with Crippen LogP contribution in [-0.2, 0) is 6.54 Å². The summed E-state index contributed by atoms with van der Waals surface area (Å²) in [5, 5.41) is 10.9. The Kier molecular flexibility index (Phi) is 6.19. The minimum Gasteiger partial charge on any atom is -0.507 e. The van der Waals surface area contributed by atoms with Crippen molar-refractivity contribution in [2.24, 2.45) is 0 Å². The maximum Gasteiger partial charge on any atom is 0.200 e. The Morgan fingerprint density at radius 1 is 0.963 bits per heavy atom. The summed E-state index contributed by atoms with van der Waals surface area (Å²) in [4.78, 5) is 14.4. The Bertz CT molecular complexity index is 960. The van der Waals surface area contributed by atoms with E-state index in [9.17, 15) is 9.90 Å². The molecule has 5 heteroatoms. The summed E-state index contributed by atoms with van der Waals surface area (Å²) in [6.45, 7) is 2.89. The van der Waals surface area contributed by atoms with Gasteiger partial charge >= 0.3 is 0 Å². The molecule has 0 atom stereocenters. The second kappa shape index (κ2) is 8.59. The van der Waals surface area contributed by atoms with E-state index in [4.69, 9.17) is 4.42 Å². The standard InChI is InChI=1S/C22H23NO3.ClH/c24-20-11-10-17-21(25)19(16-8-4-3-5-9-16)15-26-22(17)18(20)14-23-12-6-1-2-7-13-23;/h3-5,8-11,15,24H,1-2,6-7,12-14H2;1H/p+1. The first-order valence-corrected chi connectivity index (χ1v) is 9.39. The average Bonchev–Trinajstić information content (AvgIpc) is 2.94. The second-order valence-electron chi connectivity index (χ2n) is 7.13. The Hall–Kier alpha value is -2.30. The van der Waals surface area contributed by atoms with Gasteiger partial charge in [0.05, 0.1) is 29.6 Å². The molecule has 2 N–H and O–H groups in total. The van der Waals surface area contributed by atoms with Crippen molar-refractivity contribution >= 4 is 23.4 Å². The number of phenols is 1. The second-order valence-corrected chi connectivity index (χ2v) is 7.13. The van der Waals surface area contributed by atoms with Crippen LogP contribution in [0.1, 0.15) is 31.2 Å². The van der Waals surface area contributed by atoms with Crippen LogP contribution >= 0.6 is 12.4 Å². The first kappa shape index (κ1) is 19.5. The molecule has 0 radical (unpaired) electrons. The zero-order valence-electron chi connectivity index (χ0n) is 15.2. The number of aromatic hydroxyl groups is 1. The van der Waals surface area contributed by atoms with E-state index in [1.165, 1.54) is 36.8 Å². The molecule has 0 saturated carbocycles. The number of phenolic OH excluding ortho intramolecular Hbond substituents is 1. The molecule has 1 aliphatic heterocycles. The molecule has 0 amide bonds. The largest absolute Gasteiger partial charge is 0.507 e. The maximum atomic E-state index is 13.0. The lowest BCUT2D eigenvalue weighted by Gasteiger charge is -2.18. The van der Waals surface area contributed by atoms with Gasteiger partial charge in [-0.25, -0.2) is 0 Å². The van der Waals surface area contributed by atoms with Crippen molar-refractivity contribution in [3.05, 3.63) is 64.5 Å². The highest BCUT2D eigenvalue weighted by Gasteiger charge is 2.20. The summed E-state index contributed by atoms with van der Waals surface area (Å²) >= 11 is 0. The topological polar surface area (TPSA) is 54.9 Å². The third-order valence-corrected chi connectivity index (χ3v) is 5.34. The van der Waals surface area contributed by atoms with Gasteiger partial charge in [0, 0.05) is 0 Å². The van der Waals surface area contributed by atoms with E-state index in [2.05, 4.69) is 0 Å². The first-order chi connectivity index (χ1) is 12.7. The van der Waals surface area contributed by atoms with Gasteiger partial charge in [-0.3, -0.25) is 4.79 Å². The predicted molar refractivity (Wildman–Crippen MR) is 110 cm³/mol. The molecule has 0 aliphatic carbocycles. The number of fused-ring (bicyclic) bond motifs is 1. The summed E-state index contributed by atoms with van der Waals surface area (Å²) in [6, 6.07) is 12.8. The highest BCUT2D eigenvalue weighted by Crippen LogP contribution is 2.27. The number of hydrogen-bond acceptors (Lipinski definition) is 3. The third kappa shape index (κ3) is 4.02. The van der Waals surface area contributed by atoms with Crippen molar-refractivity contribution in [3.63, 3.8) is 0 Å². The lowest BCUT2D eigenvalue weighted by molar-refractivity contribution is -0.913. The van der Waals surface area contributed by atoms with Crippen molar-refractivity contribution in [1.29, 1.82) is 0 Å². The van der Waals surface area contributed by atoms with Gasteiger partial charge in [0.15, 0.2) is 0 Å². The zero-order valence-corrected chi connectivity index (χ0v) is 16.1. The van der Waals surface area contributed by atoms with Crippen LogP contribution in [0.3, 0.4) is 0 Å². The van der Waals surface area contributed by atoms with Crippen LogP contribution in [-0.4, -0.2) is 18.2 Å². The molecule has 142 valence electrons. The van der Waals surface area contributed by atoms with E-state index in [1.807, 2.05) is 30.3 Å². The molecule has 0 bridgehead atoms. The fourth-order valence-corrected chi connectivity index (χ4v) is 3.89. The van der Waals surface area contributed by atoms with E-state index in [-0.39, 0.29) is 23.6 Å². The summed E-state index contributed by atoms with van der Waals surface area (Å²) in [7, 11) is 0. The molecule has 4 nitrogen and oxygen atoms in total. The monoisotopic (exact) mass is 386 g/mol. The molecule has 0 spiro atoms. The fourth-order valence-electron chi connectivity index (χ4n) is 3.89. The molecule has 27 heavy (non-hydrogen) atoms. The van der Waals surface area contributed by atoms with Crippen LogP contribution in [0.25, 0.3) is 22.1 Å². The highest BCUT2D eigenvalue weighted by molar-refractivity contribution is 5.86. The SMILES string of the molecule is Cl.O=c1c(-c2ccccc2)coc2c(C[NH+]3CCCCCC3)c(O)ccc12. The summed E-state index contributed by atoms with van der Waals surface area (Å²) in [5.74, 6) is 0.213. The summed E-state index contributed by atoms with van der Waals surface area (Å²) in [6.07, 6.45) is 6.51. The van der Waals surface area contributed by atoms with Gasteiger partial charge < -0.3 is 14.4 Å². The minimum atomic E-state index is -0.0513. The number of hydrogen-bond donors (Lipinski definition) is 2. The van der Waals surface area contributed by atoms with E-state index in [1.54, 1.807) is 12.1 Å². The average molecular weight is 387 g/mol. The molecule has 3 aromatic rings. The number of quaternary nitrogens is 1. The van der Waals surface area contributed by atoms with Gasteiger partial charge in [0.25, 0.3) is 0 Å². The van der Waals surface area contributed by atoms with Crippen LogP contribution < -0.4 is 10.3 Å². The number of likely N-dealkylation sites (tertiary alicyclic amines) is 1. The number of halogens is 1. The van der Waals surface area contributed by atoms with Gasteiger partial charge in [-0.05, 0) is 43.4 Å². The molecule has 4 rings (SSSR count). The Balaban J connectivity index is 0.00000210. The van der Waals surface area contributed by atoms with Crippen molar-refractivity contribution in [1.82, 2.24) is 0 Å². The molecular formula is C22H25ClNO3+. The van der Waals surface area contributed by atoms with Crippen LogP contribution in [0.2, 0.25) is 0 Å². The normalized spacial score (nSPS) is 15.3. The summed E-state index contributed by atoms with van der Waals surface area (Å²) in [5.41, 5.74) is 2.61. The van der Waals surface area contributed by atoms with Crippen molar-refractivity contribution in [2.75, 3.05) is 13.1 Å². The van der Waals surface area contributed by atoms with Gasteiger partial charge in [0.1, 0.15) is 24.1 Å². The maximum absolute atomic E-state index is 13.0. The van der Waals surface area contributed by atoms with E-state index in [0.717, 1.165) is 24.2 Å². The highest BCUT2D eigenvalue weighted by atomic mass is 35.5. The molecule has 1 aromatic heterocycles. The van der Waals surface area contributed by atoms with E-state index in [0.29, 0.717) is 23.1 Å². The van der Waals surface area contributed by atoms with Gasteiger partial charge in [-0.2, -0.15) is 0 Å². The first-order valence-electron chi connectivity index (χ1n) is 9.39. The molecule has 1 saturated heterocycles. The molecule has 1 fully saturated rings. The lowest BCUT2D eigenvalue weighted by Crippen LogP contribution is -3.10.